The van der Waals surface area contributed by atoms with Crippen molar-refractivity contribution in [1.82, 2.24) is 20.1 Å². The third-order valence-electron chi connectivity index (χ3n) is 4.26. The quantitative estimate of drug-likeness (QED) is 0.914. The van der Waals surface area contributed by atoms with Crippen LogP contribution < -0.4 is 5.32 Å². The number of hydrogen-bond donors (Lipinski definition) is 1. The van der Waals surface area contributed by atoms with Crippen LogP contribution in [0.2, 0.25) is 0 Å². The summed E-state index contributed by atoms with van der Waals surface area (Å²) in [5, 5.41) is 5.84. The van der Waals surface area contributed by atoms with Crippen LogP contribution in [0.5, 0.6) is 0 Å². The van der Waals surface area contributed by atoms with E-state index in [-0.39, 0.29) is 18.0 Å². The molecule has 0 unspecified atom stereocenters. The van der Waals surface area contributed by atoms with E-state index in [4.69, 9.17) is 0 Å². The first-order valence-electron chi connectivity index (χ1n) is 8.38. The minimum Gasteiger partial charge on any atom is -0.337 e. The largest absolute Gasteiger partial charge is 0.337 e. The van der Waals surface area contributed by atoms with Gasteiger partial charge in [-0.05, 0) is 25.0 Å². The van der Waals surface area contributed by atoms with E-state index in [1.54, 1.807) is 18.1 Å². The van der Waals surface area contributed by atoms with Crippen LogP contribution in [0.25, 0.3) is 0 Å². The predicted octanol–water partition coefficient (Wildman–Crippen LogP) is 2.59. The van der Waals surface area contributed by atoms with E-state index in [0.717, 1.165) is 24.4 Å². The summed E-state index contributed by atoms with van der Waals surface area (Å²) in [6.45, 7) is 1.77. The van der Waals surface area contributed by atoms with E-state index in [0.29, 0.717) is 18.7 Å². The maximum absolute atomic E-state index is 12.6. The van der Waals surface area contributed by atoms with Gasteiger partial charge in [-0.1, -0.05) is 18.2 Å². The van der Waals surface area contributed by atoms with Crippen LogP contribution in [0.4, 0.5) is 4.79 Å². The fourth-order valence-corrected chi connectivity index (χ4v) is 3.60. The zero-order valence-electron chi connectivity index (χ0n) is 14.2. The number of likely N-dealkylation sites (tertiary alicyclic amines) is 1. The van der Waals surface area contributed by atoms with Crippen LogP contribution in [0.15, 0.2) is 41.9 Å². The van der Waals surface area contributed by atoms with Crippen molar-refractivity contribution in [2.75, 3.05) is 20.1 Å². The third kappa shape index (κ3) is 4.57. The van der Waals surface area contributed by atoms with E-state index in [9.17, 15) is 9.59 Å². The molecule has 132 valence electrons. The number of nitrogens with one attached hydrogen (secondary N) is 1. The highest BCUT2D eigenvalue weighted by molar-refractivity contribution is 7.09. The van der Waals surface area contributed by atoms with Crippen LogP contribution in [-0.4, -0.2) is 52.9 Å². The summed E-state index contributed by atoms with van der Waals surface area (Å²) >= 11 is 1.53. The molecule has 1 saturated heterocycles. The van der Waals surface area contributed by atoms with Crippen molar-refractivity contribution in [3.05, 3.63) is 52.5 Å². The summed E-state index contributed by atoms with van der Waals surface area (Å²) in [6.07, 6.45) is 3.51. The Balaban J connectivity index is 1.54. The van der Waals surface area contributed by atoms with Gasteiger partial charge < -0.3 is 15.1 Å². The summed E-state index contributed by atoms with van der Waals surface area (Å²) in [4.78, 5) is 32.6. The highest BCUT2D eigenvalue weighted by Crippen LogP contribution is 2.14. The molecule has 6 nitrogen and oxygen atoms in total. The second-order valence-electron chi connectivity index (χ2n) is 6.19. The van der Waals surface area contributed by atoms with Gasteiger partial charge in [0.2, 0.25) is 0 Å². The number of hydrogen-bond acceptors (Lipinski definition) is 4. The van der Waals surface area contributed by atoms with Crippen LogP contribution in [0, 0.1) is 0 Å². The Kier molecular flexibility index (Phi) is 5.65. The average molecular weight is 358 g/mol. The van der Waals surface area contributed by atoms with Crippen LogP contribution in [0.3, 0.4) is 0 Å². The lowest BCUT2D eigenvalue weighted by molar-refractivity contribution is 0.0695. The van der Waals surface area contributed by atoms with Gasteiger partial charge in [-0.2, -0.15) is 0 Å². The lowest BCUT2D eigenvalue weighted by Gasteiger charge is -2.34. The fourth-order valence-electron chi connectivity index (χ4n) is 2.93. The van der Waals surface area contributed by atoms with Crippen LogP contribution in [0.1, 0.15) is 28.2 Å². The van der Waals surface area contributed by atoms with E-state index in [1.807, 2.05) is 40.6 Å². The van der Waals surface area contributed by atoms with Gasteiger partial charge in [0.1, 0.15) is 5.01 Å². The van der Waals surface area contributed by atoms with Crippen molar-refractivity contribution >= 4 is 23.3 Å². The van der Waals surface area contributed by atoms with Gasteiger partial charge in [-0.25, -0.2) is 9.78 Å². The number of urea groups is 1. The number of carbonyl (C=O) groups is 2. The molecule has 3 rings (SSSR count). The number of rotatable bonds is 4. The van der Waals surface area contributed by atoms with E-state index in [1.165, 1.54) is 11.3 Å². The molecule has 1 aliphatic rings. The Morgan fingerprint density at radius 2 is 2.16 bits per heavy atom. The van der Waals surface area contributed by atoms with Crippen LogP contribution >= 0.6 is 11.3 Å². The van der Waals surface area contributed by atoms with E-state index < -0.39 is 0 Å². The first-order valence-corrected chi connectivity index (χ1v) is 9.26. The molecule has 1 N–H and O–H groups in total. The van der Waals surface area contributed by atoms with Gasteiger partial charge in [0.05, 0.1) is 6.54 Å². The summed E-state index contributed by atoms with van der Waals surface area (Å²) < 4.78 is 0. The highest BCUT2D eigenvalue weighted by Gasteiger charge is 2.26. The van der Waals surface area contributed by atoms with Crippen molar-refractivity contribution in [3.63, 3.8) is 0 Å². The Morgan fingerprint density at radius 1 is 1.36 bits per heavy atom. The summed E-state index contributed by atoms with van der Waals surface area (Å²) in [5.74, 6) is 0.0238. The van der Waals surface area contributed by atoms with Crippen molar-refractivity contribution in [1.29, 1.82) is 0 Å². The second kappa shape index (κ2) is 8.11. The first-order chi connectivity index (χ1) is 12.1. The maximum atomic E-state index is 12.6. The maximum Gasteiger partial charge on any atom is 0.317 e. The summed E-state index contributed by atoms with van der Waals surface area (Å²) in [5.41, 5.74) is 0.690. The van der Waals surface area contributed by atoms with Crippen molar-refractivity contribution in [2.24, 2.45) is 0 Å². The smallest absolute Gasteiger partial charge is 0.317 e. The molecule has 7 heteroatoms. The van der Waals surface area contributed by atoms with Gasteiger partial charge in [0, 0.05) is 43.3 Å². The van der Waals surface area contributed by atoms with Crippen LogP contribution in [-0.2, 0) is 6.54 Å². The number of nitrogens with zero attached hydrogens (tertiary/aromatic N) is 3. The van der Waals surface area contributed by atoms with E-state index in [2.05, 4.69) is 10.3 Å². The Labute approximate surface area is 151 Å². The standard InChI is InChI=1S/C18H22N4O2S/c1-21(13-16-19-9-11-25-16)18(24)20-15-8-5-10-22(12-15)17(23)14-6-3-2-4-7-14/h2-4,6-7,9,11,15H,5,8,10,12-13H2,1H3,(H,20,24)/t15-/m1/s1. The number of thiazole rings is 1. The van der Waals surface area contributed by atoms with Crippen molar-refractivity contribution in [3.8, 4) is 0 Å². The number of carbonyl (C=O) groups excluding carboxylic acids is 2. The molecule has 1 aromatic carbocycles. The molecule has 1 aliphatic heterocycles. The van der Waals surface area contributed by atoms with Gasteiger partial charge in [-0.3, -0.25) is 4.79 Å². The molecule has 0 radical (unpaired) electrons. The molecule has 2 aromatic rings. The topological polar surface area (TPSA) is 65.5 Å². The lowest BCUT2D eigenvalue weighted by Crippen LogP contribution is -2.52. The number of aromatic nitrogens is 1. The summed E-state index contributed by atoms with van der Waals surface area (Å²) in [6, 6.07) is 9.13. The molecule has 0 spiro atoms. The van der Waals surface area contributed by atoms with Gasteiger partial charge in [0.15, 0.2) is 0 Å². The molecule has 0 saturated carbocycles. The molecule has 1 aromatic heterocycles. The predicted molar refractivity (Wildman–Crippen MR) is 97.5 cm³/mol. The number of benzene rings is 1. The molecule has 2 heterocycles. The van der Waals surface area contributed by atoms with E-state index >= 15 is 0 Å². The number of piperidine rings is 1. The second-order valence-corrected chi connectivity index (χ2v) is 7.17. The SMILES string of the molecule is CN(Cc1nccs1)C(=O)N[C@@H]1CCCN(C(=O)c2ccccc2)C1. The Hall–Kier alpha value is -2.41. The molecular weight excluding hydrogens is 336 g/mol. The Bertz CT molecular complexity index is 705. The third-order valence-corrected chi connectivity index (χ3v) is 5.02. The molecule has 25 heavy (non-hydrogen) atoms. The Morgan fingerprint density at radius 3 is 2.88 bits per heavy atom. The zero-order valence-corrected chi connectivity index (χ0v) is 15.0. The normalized spacial score (nSPS) is 17.2. The number of amides is 3. The molecular formula is C18H22N4O2S. The zero-order chi connectivity index (χ0) is 17.6. The monoisotopic (exact) mass is 358 g/mol. The lowest BCUT2D eigenvalue weighted by atomic mass is 10.0. The average Bonchev–Trinajstić information content (AvgIpc) is 3.15. The molecule has 1 fully saturated rings. The van der Waals surface area contributed by atoms with Crippen molar-refractivity contribution in [2.45, 2.75) is 25.4 Å². The first kappa shape index (κ1) is 17.4. The minimum absolute atomic E-state index is 0.0207. The van der Waals surface area contributed by atoms with Gasteiger partial charge in [0.25, 0.3) is 5.91 Å². The summed E-state index contributed by atoms with van der Waals surface area (Å²) in [7, 11) is 1.76. The molecule has 0 bridgehead atoms. The minimum atomic E-state index is -0.130. The fraction of sp³-hybridized carbons (Fsp3) is 0.389. The molecule has 3 amide bonds. The molecule has 1 atom stereocenters. The van der Waals surface area contributed by atoms with Gasteiger partial charge in [-0.15, -0.1) is 11.3 Å². The highest BCUT2D eigenvalue weighted by atomic mass is 32.1. The van der Waals surface area contributed by atoms with Gasteiger partial charge >= 0.3 is 6.03 Å². The van der Waals surface area contributed by atoms with Crippen molar-refractivity contribution < 1.29 is 9.59 Å². The molecule has 0 aliphatic carbocycles.